The zero-order chi connectivity index (χ0) is 19.1. The molecule has 1 heterocycles. The van der Waals surface area contributed by atoms with E-state index >= 15 is 0 Å². The van der Waals surface area contributed by atoms with Crippen molar-refractivity contribution in [2.24, 2.45) is 0 Å². The van der Waals surface area contributed by atoms with Gasteiger partial charge in [0.1, 0.15) is 0 Å². The van der Waals surface area contributed by atoms with Crippen molar-refractivity contribution in [3.05, 3.63) is 54.4 Å². The second-order valence-electron chi connectivity index (χ2n) is 6.79. The van der Waals surface area contributed by atoms with Crippen LogP contribution in [-0.4, -0.2) is 35.0 Å². The van der Waals surface area contributed by atoms with Crippen LogP contribution in [-0.2, 0) is 4.79 Å². The third-order valence-corrected chi connectivity index (χ3v) is 4.70. The van der Waals surface area contributed by atoms with E-state index in [2.05, 4.69) is 11.9 Å². The molecule has 27 heavy (non-hydrogen) atoms. The van der Waals surface area contributed by atoms with Crippen molar-refractivity contribution < 1.29 is 14.3 Å². The zero-order valence-corrected chi connectivity index (χ0v) is 16.1. The summed E-state index contributed by atoms with van der Waals surface area (Å²) in [6.45, 7) is 5.10. The van der Waals surface area contributed by atoms with Gasteiger partial charge in [0.05, 0.1) is 24.9 Å². The minimum atomic E-state index is 0.00537. The predicted molar refractivity (Wildman–Crippen MR) is 105 cm³/mol. The van der Waals surface area contributed by atoms with E-state index in [4.69, 9.17) is 9.47 Å². The largest absolute Gasteiger partial charge is 0.490 e. The Morgan fingerprint density at radius 2 is 1.85 bits per heavy atom. The van der Waals surface area contributed by atoms with Crippen LogP contribution < -0.4 is 9.47 Å². The lowest BCUT2D eigenvalue weighted by Gasteiger charge is -2.29. The van der Waals surface area contributed by atoms with E-state index < -0.39 is 0 Å². The topological polar surface area (TPSA) is 51.7 Å². The lowest BCUT2D eigenvalue weighted by molar-refractivity contribution is -0.134. The Balaban J connectivity index is 1.52. The molecule has 144 valence electrons. The van der Waals surface area contributed by atoms with Crippen LogP contribution >= 0.6 is 0 Å². The summed E-state index contributed by atoms with van der Waals surface area (Å²) in [4.78, 5) is 19.3. The van der Waals surface area contributed by atoms with Gasteiger partial charge in [-0.3, -0.25) is 9.78 Å². The van der Waals surface area contributed by atoms with E-state index in [-0.39, 0.29) is 11.9 Å². The van der Waals surface area contributed by atoms with Crippen LogP contribution in [0.2, 0.25) is 0 Å². The third kappa shape index (κ3) is 5.22. The molecule has 2 aromatic rings. The van der Waals surface area contributed by atoms with Gasteiger partial charge in [0.2, 0.25) is 5.91 Å². The van der Waals surface area contributed by atoms with Crippen LogP contribution in [0, 0.1) is 0 Å². The number of rotatable bonds is 10. The van der Waals surface area contributed by atoms with E-state index in [1.807, 2.05) is 54.3 Å². The summed E-state index contributed by atoms with van der Waals surface area (Å²) in [6, 6.07) is 13.9. The first kappa shape index (κ1) is 19.2. The second kappa shape index (κ2) is 9.40. The highest BCUT2D eigenvalue weighted by molar-refractivity contribution is 5.77. The van der Waals surface area contributed by atoms with Crippen LogP contribution in [0.1, 0.15) is 51.3 Å². The van der Waals surface area contributed by atoms with Gasteiger partial charge in [-0.25, -0.2) is 0 Å². The number of hydrogen-bond donors (Lipinski definition) is 0. The summed E-state index contributed by atoms with van der Waals surface area (Å²) in [5, 5.41) is 0. The van der Waals surface area contributed by atoms with Gasteiger partial charge < -0.3 is 14.4 Å². The first-order chi connectivity index (χ1) is 13.2. The summed E-state index contributed by atoms with van der Waals surface area (Å²) >= 11 is 0. The Hall–Kier alpha value is -2.56. The van der Waals surface area contributed by atoms with E-state index in [0.717, 1.165) is 30.0 Å². The van der Waals surface area contributed by atoms with Gasteiger partial charge in [-0.2, -0.15) is 0 Å². The maximum Gasteiger partial charge on any atom is 0.223 e. The number of nitrogens with zero attached hydrogens (tertiary/aromatic N) is 2. The van der Waals surface area contributed by atoms with Crippen molar-refractivity contribution in [2.45, 2.75) is 51.6 Å². The molecule has 1 aromatic heterocycles. The minimum absolute atomic E-state index is 0.00537. The maximum atomic E-state index is 12.8. The molecule has 1 unspecified atom stereocenters. The molecule has 0 aliphatic heterocycles. The Labute approximate surface area is 161 Å². The van der Waals surface area contributed by atoms with Crippen LogP contribution in [0.3, 0.4) is 0 Å². The van der Waals surface area contributed by atoms with Crippen molar-refractivity contribution in [1.29, 1.82) is 0 Å². The number of carbonyl (C=O) groups excluding carboxylic acids is 1. The molecular formula is C22H28N2O3. The minimum Gasteiger partial charge on any atom is -0.490 e. The molecule has 1 atom stereocenters. The number of amides is 1. The predicted octanol–water partition coefficient (Wildman–Crippen LogP) is 4.39. The number of hydrogen-bond acceptors (Lipinski definition) is 4. The highest BCUT2D eigenvalue weighted by atomic mass is 16.5. The fourth-order valence-corrected chi connectivity index (χ4v) is 3.23. The standard InChI is InChI=1S/C22H28N2O3/c1-3-26-20-10-4-5-11-21(20)27-16-8-12-22(25)24(18-13-14-18)17(2)19-9-6-7-15-23-19/h4-7,9-11,15,17-18H,3,8,12-14,16H2,1-2H3. The molecule has 0 bridgehead atoms. The molecule has 5 nitrogen and oxygen atoms in total. The summed E-state index contributed by atoms with van der Waals surface area (Å²) in [6.07, 6.45) is 5.11. The quantitative estimate of drug-likeness (QED) is 0.584. The van der Waals surface area contributed by atoms with Crippen LogP contribution in [0.15, 0.2) is 48.7 Å². The average Bonchev–Trinajstić information content (AvgIpc) is 3.52. The van der Waals surface area contributed by atoms with E-state index in [0.29, 0.717) is 32.1 Å². The third-order valence-electron chi connectivity index (χ3n) is 4.70. The Morgan fingerprint density at radius 1 is 1.15 bits per heavy atom. The monoisotopic (exact) mass is 368 g/mol. The van der Waals surface area contributed by atoms with Crippen molar-refractivity contribution in [3.8, 4) is 11.5 Å². The van der Waals surface area contributed by atoms with Crippen molar-refractivity contribution in [3.63, 3.8) is 0 Å². The molecule has 1 aromatic carbocycles. The molecule has 0 spiro atoms. The number of para-hydroxylation sites is 2. The molecule has 0 saturated heterocycles. The molecule has 5 heteroatoms. The SMILES string of the molecule is CCOc1ccccc1OCCCC(=O)N(C1CC1)C(C)c1ccccn1. The first-order valence-electron chi connectivity index (χ1n) is 9.77. The Morgan fingerprint density at radius 3 is 2.48 bits per heavy atom. The molecule has 0 radical (unpaired) electrons. The zero-order valence-electron chi connectivity index (χ0n) is 16.1. The van der Waals surface area contributed by atoms with Gasteiger partial charge in [-0.05, 0) is 57.4 Å². The van der Waals surface area contributed by atoms with E-state index in [1.165, 1.54) is 0 Å². The highest BCUT2D eigenvalue weighted by Crippen LogP contribution is 2.34. The van der Waals surface area contributed by atoms with Gasteiger partial charge in [0.15, 0.2) is 11.5 Å². The number of aromatic nitrogens is 1. The highest BCUT2D eigenvalue weighted by Gasteiger charge is 2.36. The lowest BCUT2D eigenvalue weighted by atomic mass is 10.1. The second-order valence-corrected chi connectivity index (χ2v) is 6.79. The van der Waals surface area contributed by atoms with E-state index in [1.54, 1.807) is 6.20 Å². The van der Waals surface area contributed by atoms with Crippen molar-refractivity contribution in [1.82, 2.24) is 9.88 Å². The molecule has 1 saturated carbocycles. The smallest absolute Gasteiger partial charge is 0.223 e. The van der Waals surface area contributed by atoms with Gasteiger partial charge in [-0.1, -0.05) is 18.2 Å². The summed E-state index contributed by atoms with van der Waals surface area (Å²) in [5.41, 5.74) is 0.944. The Kier molecular flexibility index (Phi) is 6.69. The maximum absolute atomic E-state index is 12.8. The summed E-state index contributed by atoms with van der Waals surface area (Å²) in [5.74, 6) is 1.65. The molecule has 3 rings (SSSR count). The van der Waals surface area contributed by atoms with Crippen LogP contribution in [0.5, 0.6) is 11.5 Å². The van der Waals surface area contributed by atoms with Gasteiger partial charge in [0, 0.05) is 18.7 Å². The molecule has 0 N–H and O–H groups in total. The molecule has 1 amide bonds. The number of ether oxygens (including phenoxy) is 2. The van der Waals surface area contributed by atoms with Gasteiger partial charge >= 0.3 is 0 Å². The first-order valence-corrected chi connectivity index (χ1v) is 9.77. The van der Waals surface area contributed by atoms with Crippen LogP contribution in [0.4, 0.5) is 0 Å². The molecule has 1 aliphatic rings. The number of carbonyl (C=O) groups is 1. The number of benzene rings is 1. The van der Waals surface area contributed by atoms with Gasteiger partial charge in [-0.15, -0.1) is 0 Å². The van der Waals surface area contributed by atoms with Crippen LogP contribution in [0.25, 0.3) is 0 Å². The normalized spacial score (nSPS) is 14.4. The molecular weight excluding hydrogens is 340 g/mol. The fraction of sp³-hybridized carbons (Fsp3) is 0.455. The summed E-state index contributed by atoms with van der Waals surface area (Å²) in [7, 11) is 0. The lowest BCUT2D eigenvalue weighted by Crippen LogP contribution is -2.36. The van der Waals surface area contributed by atoms with Crippen molar-refractivity contribution in [2.75, 3.05) is 13.2 Å². The molecule has 1 fully saturated rings. The van der Waals surface area contributed by atoms with Crippen molar-refractivity contribution >= 4 is 5.91 Å². The Bertz CT molecular complexity index is 731. The average molecular weight is 368 g/mol. The van der Waals surface area contributed by atoms with Gasteiger partial charge in [0.25, 0.3) is 0 Å². The van der Waals surface area contributed by atoms with E-state index in [9.17, 15) is 4.79 Å². The molecule has 1 aliphatic carbocycles. The summed E-state index contributed by atoms with van der Waals surface area (Å²) < 4.78 is 11.4. The fourth-order valence-electron chi connectivity index (χ4n) is 3.23. The number of pyridine rings is 1.